The predicted molar refractivity (Wildman–Crippen MR) is 154 cm³/mol. The highest BCUT2D eigenvalue weighted by Gasteiger charge is 2.29. The Labute approximate surface area is 230 Å². The van der Waals surface area contributed by atoms with Gasteiger partial charge in [0.05, 0.1) is 16.8 Å². The molecule has 1 amide bonds. The van der Waals surface area contributed by atoms with E-state index in [1.54, 1.807) is 36.7 Å². The molecule has 0 saturated heterocycles. The monoisotopic (exact) mass is 548 g/mol. The lowest BCUT2D eigenvalue weighted by molar-refractivity contribution is 0.195. The minimum absolute atomic E-state index is 0.0358. The molecule has 206 valence electrons. The van der Waals surface area contributed by atoms with Gasteiger partial charge in [-0.25, -0.2) is 27.2 Å². The van der Waals surface area contributed by atoms with Crippen LogP contribution in [0.5, 0.6) is 0 Å². The van der Waals surface area contributed by atoms with Crippen LogP contribution in [0, 0.1) is 20.8 Å². The van der Waals surface area contributed by atoms with Gasteiger partial charge < -0.3 is 5.11 Å². The maximum Gasteiger partial charge on any atom is 0.412 e. The van der Waals surface area contributed by atoms with Crippen molar-refractivity contribution in [2.24, 2.45) is 0 Å². The molecule has 0 spiro atoms. The highest BCUT2D eigenvalue weighted by Crippen LogP contribution is 2.31. The number of carboxylic acid groups (broad SMARTS) is 1. The first kappa shape index (κ1) is 28.3. The summed E-state index contributed by atoms with van der Waals surface area (Å²) in [6.07, 6.45) is 2.74. The average Bonchev–Trinajstić information content (AvgIpc) is 3.20. The fourth-order valence-corrected chi connectivity index (χ4v) is 6.20. The topological polar surface area (TPSA) is 105 Å². The van der Waals surface area contributed by atoms with Gasteiger partial charge in [0.1, 0.15) is 5.52 Å². The first-order valence-electron chi connectivity index (χ1n) is 12.9. The van der Waals surface area contributed by atoms with E-state index in [4.69, 9.17) is 4.98 Å². The van der Waals surface area contributed by atoms with Crippen LogP contribution in [0.15, 0.2) is 53.7 Å². The number of rotatable bonds is 6. The van der Waals surface area contributed by atoms with Gasteiger partial charge >= 0.3 is 6.09 Å². The molecule has 2 aromatic carbocycles. The van der Waals surface area contributed by atoms with Crippen LogP contribution in [0.25, 0.3) is 11.2 Å². The van der Waals surface area contributed by atoms with Gasteiger partial charge in [0.15, 0.2) is 5.65 Å². The quantitative estimate of drug-likeness (QED) is 0.291. The van der Waals surface area contributed by atoms with Crippen molar-refractivity contribution in [2.45, 2.75) is 78.2 Å². The Morgan fingerprint density at radius 3 is 2.15 bits per heavy atom. The number of fused-ring (bicyclic) bond motifs is 1. The zero-order chi connectivity index (χ0) is 28.9. The van der Waals surface area contributed by atoms with Crippen LogP contribution >= 0.6 is 0 Å². The van der Waals surface area contributed by atoms with E-state index in [0.29, 0.717) is 29.0 Å². The summed E-state index contributed by atoms with van der Waals surface area (Å²) in [7, 11) is -3.85. The van der Waals surface area contributed by atoms with Crippen molar-refractivity contribution in [3.63, 3.8) is 0 Å². The van der Waals surface area contributed by atoms with Crippen molar-refractivity contribution in [1.82, 2.24) is 13.9 Å². The van der Waals surface area contributed by atoms with Gasteiger partial charge in [-0.1, -0.05) is 31.5 Å². The van der Waals surface area contributed by atoms with Crippen molar-refractivity contribution < 1.29 is 18.3 Å². The van der Waals surface area contributed by atoms with Gasteiger partial charge in [0, 0.05) is 29.4 Å². The van der Waals surface area contributed by atoms with Crippen LogP contribution in [-0.2, 0) is 16.4 Å². The molecule has 0 aliphatic rings. The van der Waals surface area contributed by atoms with Crippen molar-refractivity contribution in [2.75, 3.05) is 4.90 Å². The Morgan fingerprint density at radius 1 is 1.05 bits per heavy atom. The summed E-state index contributed by atoms with van der Waals surface area (Å²) in [5.74, 6) is 0.0358. The average molecular weight is 549 g/mol. The number of benzene rings is 2. The summed E-state index contributed by atoms with van der Waals surface area (Å²) in [6.45, 7) is 15.4. The van der Waals surface area contributed by atoms with Crippen LogP contribution < -0.4 is 4.90 Å². The Bertz CT molecular complexity index is 1640. The Hall–Kier alpha value is -3.72. The van der Waals surface area contributed by atoms with E-state index >= 15 is 0 Å². The minimum Gasteiger partial charge on any atom is -0.465 e. The van der Waals surface area contributed by atoms with E-state index in [2.05, 4.69) is 4.98 Å². The molecule has 0 aliphatic carbocycles. The number of carbonyl (C=O) groups is 1. The molecule has 8 nitrogen and oxygen atoms in total. The minimum atomic E-state index is -3.85. The largest absolute Gasteiger partial charge is 0.465 e. The predicted octanol–water partition coefficient (Wildman–Crippen LogP) is 6.59. The fraction of sp³-hybridized carbons (Fsp3) is 0.367. The molecular weight excluding hydrogens is 512 g/mol. The third-order valence-electron chi connectivity index (χ3n) is 6.90. The van der Waals surface area contributed by atoms with Crippen LogP contribution in [0.1, 0.15) is 74.0 Å². The second-order valence-electron chi connectivity index (χ2n) is 11.4. The van der Waals surface area contributed by atoms with Gasteiger partial charge in [-0.05, 0) is 88.4 Å². The van der Waals surface area contributed by atoms with Crippen molar-refractivity contribution in [1.29, 1.82) is 0 Å². The zero-order valence-corrected chi connectivity index (χ0v) is 24.6. The maximum absolute atomic E-state index is 13.5. The summed E-state index contributed by atoms with van der Waals surface area (Å²) in [4.78, 5) is 23.0. The lowest BCUT2D eigenvalue weighted by Crippen LogP contribution is -2.45. The molecule has 0 fully saturated rings. The van der Waals surface area contributed by atoms with Gasteiger partial charge in [-0.3, -0.25) is 4.90 Å². The van der Waals surface area contributed by atoms with Crippen LogP contribution in [0.2, 0.25) is 0 Å². The standard InChI is InChI=1S/C30H36N4O4S/c1-18(2)26-17-33(39(37,38)24-11-9-19(3)10-12-24)28-27(26)32-22(16-31-28)15-25-20(4)13-23(14-21(25)5)34(29(35)36)30(6,7)8/h9-14,16-18H,15H2,1-8H3,(H,35,36). The zero-order valence-electron chi connectivity index (χ0n) is 23.8. The molecule has 2 aromatic heterocycles. The first-order valence-corrected chi connectivity index (χ1v) is 14.4. The Kier molecular flexibility index (Phi) is 7.33. The molecule has 0 atom stereocenters. The summed E-state index contributed by atoms with van der Waals surface area (Å²) in [5, 5.41) is 9.83. The highest BCUT2D eigenvalue weighted by atomic mass is 32.2. The van der Waals surface area contributed by atoms with Gasteiger partial charge in [-0.2, -0.15) is 0 Å². The third-order valence-corrected chi connectivity index (χ3v) is 8.56. The number of amides is 1. The smallest absolute Gasteiger partial charge is 0.412 e. The Balaban J connectivity index is 1.77. The number of hydrogen-bond donors (Lipinski definition) is 1. The van der Waals surface area contributed by atoms with Crippen LogP contribution in [0.4, 0.5) is 10.5 Å². The van der Waals surface area contributed by atoms with E-state index < -0.39 is 21.7 Å². The molecule has 4 rings (SSSR count). The number of anilines is 1. The molecule has 0 aliphatic heterocycles. The van der Waals surface area contributed by atoms with E-state index in [9.17, 15) is 18.3 Å². The summed E-state index contributed by atoms with van der Waals surface area (Å²) in [5.41, 5.74) is 6.32. The number of aryl methyl sites for hydroxylation is 3. The van der Waals surface area contributed by atoms with Crippen LogP contribution in [-0.4, -0.2) is 39.1 Å². The van der Waals surface area contributed by atoms with E-state index in [1.807, 2.05) is 67.5 Å². The summed E-state index contributed by atoms with van der Waals surface area (Å²) < 4.78 is 28.3. The lowest BCUT2D eigenvalue weighted by Gasteiger charge is -2.34. The Morgan fingerprint density at radius 2 is 1.64 bits per heavy atom. The van der Waals surface area contributed by atoms with Crippen molar-refractivity contribution >= 4 is 33.0 Å². The van der Waals surface area contributed by atoms with Crippen molar-refractivity contribution in [3.05, 3.63) is 82.3 Å². The summed E-state index contributed by atoms with van der Waals surface area (Å²) in [6, 6.07) is 10.5. The molecule has 0 saturated carbocycles. The SMILES string of the molecule is Cc1ccc(S(=O)(=O)n2cc(C(C)C)c3nc(Cc4c(C)cc(N(C(=O)O)C(C)(C)C)cc4C)cnc32)cc1. The second-order valence-corrected chi connectivity index (χ2v) is 13.2. The molecule has 0 unspecified atom stereocenters. The van der Waals surface area contributed by atoms with Crippen molar-refractivity contribution in [3.8, 4) is 0 Å². The first-order chi connectivity index (χ1) is 18.1. The molecule has 0 radical (unpaired) electrons. The van der Waals surface area contributed by atoms with E-state index in [-0.39, 0.29) is 10.8 Å². The lowest BCUT2D eigenvalue weighted by atomic mass is 9.96. The molecule has 39 heavy (non-hydrogen) atoms. The molecule has 2 heterocycles. The van der Waals surface area contributed by atoms with Crippen LogP contribution in [0.3, 0.4) is 0 Å². The summed E-state index contributed by atoms with van der Waals surface area (Å²) >= 11 is 0. The maximum atomic E-state index is 13.5. The molecule has 4 aromatic rings. The molecule has 1 N–H and O–H groups in total. The number of nitrogens with zero attached hydrogens (tertiary/aromatic N) is 4. The molecular formula is C30H36N4O4S. The number of hydrogen-bond acceptors (Lipinski definition) is 5. The second kappa shape index (κ2) is 10.1. The molecule has 0 bridgehead atoms. The van der Waals surface area contributed by atoms with Gasteiger partial charge in [0.2, 0.25) is 0 Å². The highest BCUT2D eigenvalue weighted by molar-refractivity contribution is 7.90. The third kappa shape index (κ3) is 5.41. The normalized spacial score (nSPS) is 12.3. The van der Waals surface area contributed by atoms with E-state index in [1.165, 1.54) is 8.87 Å². The van der Waals surface area contributed by atoms with E-state index in [0.717, 1.165) is 27.8 Å². The fourth-order valence-electron chi connectivity index (χ4n) is 4.88. The number of aromatic nitrogens is 3. The molecule has 9 heteroatoms. The van der Waals surface area contributed by atoms with Gasteiger partial charge in [-0.15, -0.1) is 0 Å². The van der Waals surface area contributed by atoms with Gasteiger partial charge in [0.25, 0.3) is 10.0 Å².